The maximum Gasteiger partial charge on any atom is 0.336 e. The second-order valence-electron chi connectivity index (χ2n) is 4.47. The van der Waals surface area contributed by atoms with Gasteiger partial charge >= 0.3 is 5.97 Å². The zero-order chi connectivity index (χ0) is 16.8. The van der Waals surface area contributed by atoms with Crippen LogP contribution in [0.5, 0.6) is 11.5 Å². The molecule has 1 amide bonds. The van der Waals surface area contributed by atoms with Crippen molar-refractivity contribution >= 4 is 18.1 Å². The highest BCUT2D eigenvalue weighted by atomic mass is 16.5. The van der Waals surface area contributed by atoms with Crippen LogP contribution in [0.4, 0.5) is 0 Å². The number of carboxylic acid groups (broad SMARTS) is 1. The fourth-order valence-corrected chi connectivity index (χ4v) is 1.85. The first-order valence-corrected chi connectivity index (χ1v) is 6.55. The first kappa shape index (κ1) is 16.0. The summed E-state index contributed by atoms with van der Waals surface area (Å²) in [5.74, 6) is -1.44. The highest BCUT2D eigenvalue weighted by Gasteiger charge is 2.14. The van der Waals surface area contributed by atoms with E-state index in [1.54, 1.807) is 18.2 Å². The largest absolute Gasteiger partial charge is 0.507 e. The van der Waals surface area contributed by atoms with Gasteiger partial charge < -0.3 is 14.9 Å². The van der Waals surface area contributed by atoms with E-state index in [9.17, 15) is 14.7 Å². The number of phenolic OH excluding ortho intramolecular Hbond substituents is 1. The number of aromatic hydroxyl groups is 1. The van der Waals surface area contributed by atoms with Crippen molar-refractivity contribution in [2.75, 3.05) is 7.11 Å². The quantitative estimate of drug-likeness (QED) is 0.576. The van der Waals surface area contributed by atoms with Crippen molar-refractivity contribution in [1.82, 2.24) is 5.43 Å². The Balaban J connectivity index is 2.12. The molecule has 0 fully saturated rings. The fourth-order valence-electron chi connectivity index (χ4n) is 1.85. The Morgan fingerprint density at radius 2 is 1.87 bits per heavy atom. The minimum absolute atomic E-state index is 0.00361. The summed E-state index contributed by atoms with van der Waals surface area (Å²) in [6.07, 6.45) is 1.25. The molecule has 0 aromatic heterocycles. The molecule has 0 unspecified atom stereocenters. The van der Waals surface area contributed by atoms with Gasteiger partial charge in [-0.1, -0.05) is 12.1 Å². The summed E-state index contributed by atoms with van der Waals surface area (Å²) in [5.41, 5.74) is 2.47. The number of benzene rings is 2. The van der Waals surface area contributed by atoms with Crippen molar-refractivity contribution in [3.63, 3.8) is 0 Å². The van der Waals surface area contributed by atoms with Gasteiger partial charge in [0.1, 0.15) is 11.5 Å². The van der Waals surface area contributed by atoms with Crippen LogP contribution in [0.3, 0.4) is 0 Å². The number of hydrazone groups is 1. The SMILES string of the molecule is COc1ccc(C=NNC(=O)c2ccccc2C(=O)O)c(O)c1. The molecule has 23 heavy (non-hydrogen) atoms. The van der Waals surface area contributed by atoms with Crippen molar-refractivity contribution in [2.24, 2.45) is 5.10 Å². The summed E-state index contributed by atoms with van der Waals surface area (Å²) >= 11 is 0. The number of ether oxygens (including phenoxy) is 1. The number of hydrogen-bond donors (Lipinski definition) is 3. The van der Waals surface area contributed by atoms with E-state index in [0.717, 1.165) is 0 Å². The minimum Gasteiger partial charge on any atom is -0.507 e. The molecule has 2 rings (SSSR count). The minimum atomic E-state index is -1.20. The Labute approximate surface area is 131 Å². The third kappa shape index (κ3) is 3.85. The summed E-state index contributed by atoms with van der Waals surface area (Å²) in [6, 6.07) is 10.4. The maximum atomic E-state index is 12.0. The second-order valence-corrected chi connectivity index (χ2v) is 4.47. The monoisotopic (exact) mass is 314 g/mol. The highest BCUT2D eigenvalue weighted by molar-refractivity contribution is 6.04. The number of aromatic carboxylic acids is 1. The lowest BCUT2D eigenvalue weighted by Crippen LogP contribution is -2.20. The van der Waals surface area contributed by atoms with Gasteiger partial charge in [0, 0.05) is 11.6 Å². The van der Waals surface area contributed by atoms with Gasteiger partial charge in [-0.05, 0) is 24.3 Å². The first-order chi connectivity index (χ1) is 11.0. The van der Waals surface area contributed by atoms with E-state index in [2.05, 4.69) is 10.5 Å². The number of nitrogens with zero attached hydrogens (tertiary/aromatic N) is 1. The third-order valence-corrected chi connectivity index (χ3v) is 3.01. The molecular formula is C16H14N2O5. The molecule has 2 aromatic rings. The van der Waals surface area contributed by atoms with E-state index in [1.165, 1.54) is 37.6 Å². The van der Waals surface area contributed by atoms with E-state index in [1.807, 2.05) is 0 Å². The topological polar surface area (TPSA) is 108 Å². The zero-order valence-electron chi connectivity index (χ0n) is 12.2. The molecule has 0 saturated heterocycles. The third-order valence-electron chi connectivity index (χ3n) is 3.01. The highest BCUT2D eigenvalue weighted by Crippen LogP contribution is 2.21. The lowest BCUT2D eigenvalue weighted by atomic mass is 10.1. The van der Waals surface area contributed by atoms with Crippen LogP contribution in [-0.2, 0) is 0 Å². The van der Waals surface area contributed by atoms with Gasteiger partial charge in [-0.3, -0.25) is 4.79 Å². The molecule has 0 aliphatic rings. The van der Waals surface area contributed by atoms with Gasteiger partial charge in [-0.25, -0.2) is 10.2 Å². The Kier molecular flexibility index (Phi) is 4.93. The second kappa shape index (κ2) is 7.08. The smallest absolute Gasteiger partial charge is 0.336 e. The molecule has 3 N–H and O–H groups in total. The predicted octanol–water partition coefficient (Wildman–Crippen LogP) is 1.86. The Morgan fingerprint density at radius 1 is 1.17 bits per heavy atom. The lowest BCUT2D eigenvalue weighted by molar-refractivity contribution is 0.0691. The molecule has 2 aromatic carbocycles. The normalized spacial score (nSPS) is 10.5. The molecule has 0 spiro atoms. The van der Waals surface area contributed by atoms with Crippen molar-refractivity contribution in [1.29, 1.82) is 0 Å². The van der Waals surface area contributed by atoms with Crippen LogP contribution in [0.25, 0.3) is 0 Å². The molecule has 0 aliphatic heterocycles. The fraction of sp³-hybridized carbons (Fsp3) is 0.0625. The molecule has 0 bridgehead atoms. The van der Waals surface area contributed by atoms with Crippen molar-refractivity contribution in [2.45, 2.75) is 0 Å². The van der Waals surface area contributed by atoms with Gasteiger partial charge in [0.2, 0.25) is 0 Å². The molecule has 0 saturated carbocycles. The van der Waals surface area contributed by atoms with Crippen LogP contribution in [0.15, 0.2) is 47.6 Å². The number of hydrogen-bond acceptors (Lipinski definition) is 5. The zero-order valence-corrected chi connectivity index (χ0v) is 12.2. The maximum absolute atomic E-state index is 12.0. The van der Waals surface area contributed by atoms with Gasteiger partial charge in [0.15, 0.2) is 0 Å². The molecule has 0 aliphatic carbocycles. The number of nitrogens with one attached hydrogen (secondary N) is 1. The van der Waals surface area contributed by atoms with Crippen LogP contribution >= 0.6 is 0 Å². The van der Waals surface area contributed by atoms with Gasteiger partial charge in [-0.15, -0.1) is 0 Å². The summed E-state index contributed by atoms with van der Waals surface area (Å²) < 4.78 is 4.96. The van der Waals surface area contributed by atoms with Gasteiger partial charge in [0.05, 0.1) is 24.5 Å². The summed E-state index contributed by atoms with van der Waals surface area (Å²) in [6.45, 7) is 0. The predicted molar refractivity (Wildman–Crippen MR) is 83.1 cm³/mol. The van der Waals surface area contributed by atoms with Crippen LogP contribution in [0.1, 0.15) is 26.3 Å². The Hall–Kier alpha value is -3.35. The Bertz CT molecular complexity index is 771. The number of carboxylic acids is 1. The van der Waals surface area contributed by atoms with E-state index in [4.69, 9.17) is 9.84 Å². The van der Waals surface area contributed by atoms with Crippen molar-refractivity contribution in [3.8, 4) is 11.5 Å². The summed E-state index contributed by atoms with van der Waals surface area (Å²) in [5, 5.41) is 22.5. The van der Waals surface area contributed by atoms with Crippen molar-refractivity contribution < 1.29 is 24.5 Å². The molecule has 7 nitrogen and oxygen atoms in total. The molecule has 118 valence electrons. The molecule has 0 atom stereocenters. The van der Waals surface area contributed by atoms with Gasteiger partial charge in [0.25, 0.3) is 5.91 Å². The van der Waals surface area contributed by atoms with Crippen LogP contribution in [0.2, 0.25) is 0 Å². The molecule has 7 heteroatoms. The first-order valence-electron chi connectivity index (χ1n) is 6.55. The van der Waals surface area contributed by atoms with E-state index in [0.29, 0.717) is 11.3 Å². The average Bonchev–Trinajstić information content (AvgIpc) is 2.56. The van der Waals surface area contributed by atoms with E-state index in [-0.39, 0.29) is 16.9 Å². The van der Waals surface area contributed by atoms with Gasteiger partial charge in [-0.2, -0.15) is 5.10 Å². The molecule has 0 radical (unpaired) electrons. The standard InChI is InChI=1S/C16H14N2O5/c1-23-11-7-6-10(14(19)8-11)9-17-18-15(20)12-4-2-3-5-13(12)16(21)22/h2-9,19H,1H3,(H,18,20)(H,21,22). The number of carbonyl (C=O) groups is 2. The van der Waals surface area contributed by atoms with Crippen molar-refractivity contribution in [3.05, 3.63) is 59.2 Å². The molecular weight excluding hydrogens is 300 g/mol. The summed E-state index contributed by atoms with van der Waals surface area (Å²) in [4.78, 5) is 23.0. The van der Waals surface area contributed by atoms with Crippen LogP contribution in [0, 0.1) is 0 Å². The summed E-state index contributed by atoms with van der Waals surface area (Å²) in [7, 11) is 1.47. The number of phenols is 1. The van der Waals surface area contributed by atoms with E-state index < -0.39 is 11.9 Å². The number of methoxy groups -OCH3 is 1. The number of amides is 1. The Morgan fingerprint density at radius 3 is 2.48 bits per heavy atom. The van der Waals surface area contributed by atoms with Crippen LogP contribution in [-0.4, -0.2) is 35.4 Å². The number of rotatable bonds is 5. The molecule has 0 heterocycles. The lowest BCUT2D eigenvalue weighted by Gasteiger charge is -2.04. The van der Waals surface area contributed by atoms with E-state index >= 15 is 0 Å². The van der Waals surface area contributed by atoms with Crippen LogP contribution < -0.4 is 10.2 Å². The number of carbonyl (C=O) groups excluding carboxylic acids is 1. The average molecular weight is 314 g/mol.